The second kappa shape index (κ2) is 7.35. The molecule has 0 spiro atoms. The number of pyridine rings is 1. The Labute approximate surface area is 134 Å². The van der Waals surface area contributed by atoms with Crippen LogP contribution in [0.2, 0.25) is 0 Å². The highest BCUT2D eigenvalue weighted by Gasteiger charge is 2.21. The van der Waals surface area contributed by atoms with Crippen molar-refractivity contribution in [3.05, 3.63) is 48.4 Å². The number of carbonyl (C=O) groups excluding carboxylic acids is 1. The Bertz CT molecular complexity index is 610. The lowest BCUT2D eigenvalue weighted by Crippen LogP contribution is -2.28. The normalized spacial score (nSPS) is 17.4. The molecule has 116 valence electrons. The van der Waals surface area contributed by atoms with E-state index in [2.05, 4.69) is 10.3 Å². The van der Waals surface area contributed by atoms with Crippen molar-refractivity contribution in [3.8, 4) is 5.88 Å². The monoisotopic (exact) mass is 317 g/mol. The molecule has 0 bridgehead atoms. The molecule has 5 nitrogen and oxygen atoms in total. The highest BCUT2D eigenvalue weighted by Crippen LogP contribution is 2.24. The summed E-state index contributed by atoms with van der Waals surface area (Å²) in [6, 6.07) is 7.45. The molecule has 1 aliphatic rings. The summed E-state index contributed by atoms with van der Waals surface area (Å²) in [5.41, 5.74) is 0.506. The highest BCUT2D eigenvalue weighted by molar-refractivity contribution is 7.99. The molecule has 22 heavy (non-hydrogen) atoms. The summed E-state index contributed by atoms with van der Waals surface area (Å²) in [7, 11) is 0. The number of rotatable bonds is 6. The third-order valence-electron chi connectivity index (χ3n) is 3.50. The lowest BCUT2D eigenvalue weighted by Gasteiger charge is -2.14. The zero-order chi connectivity index (χ0) is 15.2. The Morgan fingerprint density at radius 3 is 3.05 bits per heavy atom. The van der Waals surface area contributed by atoms with Gasteiger partial charge in [0, 0.05) is 37.4 Å². The molecule has 1 atom stereocenters. The summed E-state index contributed by atoms with van der Waals surface area (Å²) < 4.78 is 7.91. The minimum absolute atomic E-state index is 0.138. The average molecular weight is 317 g/mol. The van der Waals surface area contributed by atoms with Crippen LogP contribution in [-0.4, -0.2) is 39.6 Å². The SMILES string of the molecule is O=C(NCCn1cccc1)c1cccnc1OC1CCSC1. The first-order valence-electron chi connectivity index (χ1n) is 7.41. The van der Waals surface area contributed by atoms with Crippen LogP contribution in [0.5, 0.6) is 5.88 Å². The van der Waals surface area contributed by atoms with Crippen molar-refractivity contribution in [2.45, 2.75) is 19.1 Å². The number of aromatic nitrogens is 2. The van der Waals surface area contributed by atoms with E-state index in [0.717, 1.165) is 24.5 Å². The molecular formula is C16H19N3O2S. The molecular weight excluding hydrogens is 298 g/mol. The van der Waals surface area contributed by atoms with Gasteiger partial charge in [0.2, 0.25) is 5.88 Å². The van der Waals surface area contributed by atoms with Crippen molar-refractivity contribution in [1.29, 1.82) is 0 Å². The maximum atomic E-state index is 12.3. The molecule has 1 amide bonds. The lowest BCUT2D eigenvalue weighted by molar-refractivity contribution is 0.0944. The van der Waals surface area contributed by atoms with E-state index in [0.29, 0.717) is 18.0 Å². The zero-order valence-electron chi connectivity index (χ0n) is 12.3. The minimum atomic E-state index is -0.138. The van der Waals surface area contributed by atoms with Crippen molar-refractivity contribution >= 4 is 17.7 Å². The van der Waals surface area contributed by atoms with Crippen molar-refractivity contribution in [2.24, 2.45) is 0 Å². The Kier molecular flexibility index (Phi) is 5.00. The Morgan fingerprint density at radius 2 is 2.27 bits per heavy atom. The largest absolute Gasteiger partial charge is 0.473 e. The summed E-state index contributed by atoms with van der Waals surface area (Å²) in [5, 5.41) is 2.92. The number of ether oxygens (including phenoxy) is 1. The Morgan fingerprint density at radius 1 is 1.41 bits per heavy atom. The van der Waals surface area contributed by atoms with Gasteiger partial charge in [-0.3, -0.25) is 4.79 Å². The fraction of sp³-hybridized carbons (Fsp3) is 0.375. The molecule has 1 aliphatic heterocycles. The molecule has 0 aliphatic carbocycles. The third kappa shape index (κ3) is 3.82. The van der Waals surface area contributed by atoms with Crippen LogP contribution < -0.4 is 10.1 Å². The summed E-state index contributed by atoms with van der Waals surface area (Å²) >= 11 is 1.87. The van der Waals surface area contributed by atoms with Gasteiger partial charge in [-0.15, -0.1) is 0 Å². The first kappa shape index (κ1) is 15.0. The van der Waals surface area contributed by atoms with Gasteiger partial charge < -0.3 is 14.6 Å². The van der Waals surface area contributed by atoms with Gasteiger partial charge in [0.25, 0.3) is 5.91 Å². The average Bonchev–Trinajstić information content (AvgIpc) is 3.21. The van der Waals surface area contributed by atoms with E-state index < -0.39 is 0 Å². The van der Waals surface area contributed by atoms with Crippen LogP contribution in [0.15, 0.2) is 42.9 Å². The molecule has 2 aromatic rings. The van der Waals surface area contributed by atoms with Gasteiger partial charge in [-0.05, 0) is 36.4 Å². The minimum Gasteiger partial charge on any atom is -0.473 e. The lowest BCUT2D eigenvalue weighted by atomic mass is 10.2. The van der Waals surface area contributed by atoms with Gasteiger partial charge in [0.1, 0.15) is 11.7 Å². The maximum absolute atomic E-state index is 12.3. The van der Waals surface area contributed by atoms with Gasteiger partial charge in [0.15, 0.2) is 0 Å². The Balaban J connectivity index is 1.59. The van der Waals surface area contributed by atoms with E-state index in [1.807, 2.05) is 40.9 Å². The molecule has 2 aromatic heterocycles. The summed E-state index contributed by atoms with van der Waals surface area (Å²) in [5.74, 6) is 2.37. The smallest absolute Gasteiger partial charge is 0.256 e. The quantitative estimate of drug-likeness (QED) is 0.887. The molecule has 0 aromatic carbocycles. The highest BCUT2D eigenvalue weighted by atomic mass is 32.2. The molecule has 3 rings (SSSR count). The van der Waals surface area contributed by atoms with Crippen molar-refractivity contribution in [1.82, 2.24) is 14.9 Å². The molecule has 0 radical (unpaired) electrons. The van der Waals surface area contributed by atoms with E-state index in [9.17, 15) is 4.79 Å². The van der Waals surface area contributed by atoms with Crippen LogP contribution in [0.25, 0.3) is 0 Å². The number of hydrogen-bond donors (Lipinski definition) is 1. The van der Waals surface area contributed by atoms with Crippen LogP contribution in [0.3, 0.4) is 0 Å². The second-order valence-electron chi connectivity index (χ2n) is 5.14. The fourth-order valence-electron chi connectivity index (χ4n) is 2.33. The second-order valence-corrected chi connectivity index (χ2v) is 6.29. The molecule has 0 saturated carbocycles. The van der Waals surface area contributed by atoms with Crippen LogP contribution in [-0.2, 0) is 6.54 Å². The van der Waals surface area contributed by atoms with E-state index in [1.54, 1.807) is 18.3 Å². The molecule has 1 unspecified atom stereocenters. The third-order valence-corrected chi connectivity index (χ3v) is 4.64. The number of amides is 1. The molecule has 1 fully saturated rings. The van der Waals surface area contributed by atoms with Crippen LogP contribution in [0.4, 0.5) is 0 Å². The number of hydrogen-bond acceptors (Lipinski definition) is 4. The van der Waals surface area contributed by atoms with E-state index in [-0.39, 0.29) is 12.0 Å². The van der Waals surface area contributed by atoms with Gasteiger partial charge >= 0.3 is 0 Å². The molecule has 1 saturated heterocycles. The number of nitrogens with one attached hydrogen (secondary N) is 1. The van der Waals surface area contributed by atoms with Crippen molar-refractivity contribution in [3.63, 3.8) is 0 Å². The summed E-state index contributed by atoms with van der Waals surface area (Å²) in [6.45, 7) is 1.32. The van der Waals surface area contributed by atoms with Crippen LogP contribution in [0.1, 0.15) is 16.8 Å². The number of thioether (sulfide) groups is 1. The van der Waals surface area contributed by atoms with Crippen LogP contribution in [0, 0.1) is 0 Å². The van der Waals surface area contributed by atoms with Gasteiger partial charge in [-0.25, -0.2) is 4.98 Å². The Hall–Kier alpha value is -1.95. The first-order valence-corrected chi connectivity index (χ1v) is 8.57. The van der Waals surface area contributed by atoms with Gasteiger partial charge in [-0.2, -0.15) is 11.8 Å². The van der Waals surface area contributed by atoms with E-state index >= 15 is 0 Å². The number of carbonyl (C=O) groups is 1. The topological polar surface area (TPSA) is 56.2 Å². The standard InChI is InChI=1S/C16H19N3O2S/c20-15(17-7-10-19-8-1-2-9-19)14-4-3-6-18-16(14)21-13-5-11-22-12-13/h1-4,6,8-9,13H,5,7,10-12H2,(H,17,20). The molecule has 3 heterocycles. The van der Waals surface area contributed by atoms with Crippen molar-refractivity contribution < 1.29 is 9.53 Å². The van der Waals surface area contributed by atoms with E-state index in [1.165, 1.54) is 0 Å². The summed E-state index contributed by atoms with van der Waals surface area (Å²) in [6.07, 6.45) is 6.78. The van der Waals surface area contributed by atoms with Gasteiger partial charge in [-0.1, -0.05) is 0 Å². The van der Waals surface area contributed by atoms with E-state index in [4.69, 9.17) is 4.74 Å². The molecule has 6 heteroatoms. The summed E-state index contributed by atoms with van der Waals surface area (Å²) in [4.78, 5) is 16.5. The maximum Gasteiger partial charge on any atom is 0.256 e. The number of nitrogens with zero attached hydrogens (tertiary/aromatic N) is 2. The predicted octanol–water partition coefficient (Wildman–Crippen LogP) is 2.20. The first-order chi connectivity index (χ1) is 10.8. The van der Waals surface area contributed by atoms with Crippen molar-refractivity contribution in [2.75, 3.05) is 18.1 Å². The fourth-order valence-corrected chi connectivity index (χ4v) is 3.43. The predicted molar refractivity (Wildman–Crippen MR) is 87.4 cm³/mol. The molecule has 1 N–H and O–H groups in total. The van der Waals surface area contributed by atoms with Crippen LogP contribution >= 0.6 is 11.8 Å². The zero-order valence-corrected chi connectivity index (χ0v) is 13.1. The van der Waals surface area contributed by atoms with Gasteiger partial charge in [0.05, 0.1) is 0 Å².